The number of hydrogen-bond donors (Lipinski definition) is 2. The van der Waals surface area contributed by atoms with Crippen LogP contribution in [0.15, 0.2) is 24.3 Å². The lowest BCUT2D eigenvalue weighted by atomic mass is 9.94. The average Bonchev–Trinajstić information content (AvgIpc) is 2.33. The molecule has 0 aliphatic rings. The van der Waals surface area contributed by atoms with Gasteiger partial charge in [-0.25, -0.2) is 8.42 Å². The van der Waals surface area contributed by atoms with Gasteiger partial charge in [-0.1, -0.05) is 38.7 Å². The van der Waals surface area contributed by atoms with Gasteiger partial charge in [-0.15, -0.1) is 0 Å². The van der Waals surface area contributed by atoms with Gasteiger partial charge in [-0.2, -0.15) is 0 Å². The van der Waals surface area contributed by atoms with Crippen LogP contribution in [-0.2, 0) is 10.0 Å². The van der Waals surface area contributed by atoms with Gasteiger partial charge in [0.1, 0.15) is 6.61 Å². The Morgan fingerprint density at radius 1 is 1.30 bits per heavy atom. The molecule has 0 saturated heterocycles. The van der Waals surface area contributed by atoms with Gasteiger partial charge >= 0.3 is 0 Å². The van der Waals surface area contributed by atoms with Crippen molar-refractivity contribution in [3.8, 4) is 11.8 Å². The Balaban J connectivity index is 2.77. The molecule has 0 unspecified atom stereocenters. The number of benzene rings is 1. The normalized spacial score (nSPS) is 11.6. The van der Waals surface area contributed by atoms with E-state index in [1.807, 2.05) is 20.8 Å². The smallest absolute Gasteiger partial charge is 0.232 e. The molecule has 0 aliphatic heterocycles. The van der Waals surface area contributed by atoms with E-state index < -0.39 is 10.0 Å². The van der Waals surface area contributed by atoms with Crippen molar-refractivity contribution >= 4 is 15.7 Å². The van der Waals surface area contributed by atoms with Crippen LogP contribution in [0, 0.1) is 17.3 Å². The fourth-order valence-corrected chi connectivity index (χ4v) is 2.94. The number of nitrogens with one attached hydrogen (secondary N) is 1. The van der Waals surface area contributed by atoms with E-state index in [9.17, 15) is 8.42 Å². The maximum Gasteiger partial charge on any atom is 0.232 e. The molecule has 0 amide bonds. The molecule has 0 radical (unpaired) electrons. The summed E-state index contributed by atoms with van der Waals surface area (Å²) >= 11 is 0. The summed E-state index contributed by atoms with van der Waals surface area (Å²) in [6.45, 7) is 5.80. The zero-order valence-electron chi connectivity index (χ0n) is 12.1. The average molecular weight is 295 g/mol. The molecule has 1 aromatic carbocycles. The first-order valence-electron chi connectivity index (χ1n) is 6.42. The molecule has 1 aromatic rings. The summed E-state index contributed by atoms with van der Waals surface area (Å²) in [6, 6.07) is 6.81. The summed E-state index contributed by atoms with van der Waals surface area (Å²) in [4.78, 5) is 0. The summed E-state index contributed by atoms with van der Waals surface area (Å²) in [5.41, 5.74) is 1.13. The molecule has 0 saturated carbocycles. The number of anilines is 1. The highest BCUT2D eigenvalue weighted by Crippen LogP contribution is 2.20. The lowest BCUT2D eigenvalue weighted by molar-refractivity contribution is 0.350. The highest BCUT2D eigenvalue weighted by atomic mass is 32.2. The van der Waals surface area contributed by atoms with E-state index in [0.717, 1.165) is 0 Å². The molecule has 0 aliphatic carbocycles. The SMILES string of the molecule is CC(C)(C)CCS(=O)(=O)Nc1cccc(C#CCO)c1. The van der Waals surface area contributed by atoms with Gasteiger partial charge in [0.2, 0.25) is 10.0 Å². The van der Waals surface area contributed by atoms with E-state index in [2.05, 4.69) is 16.6 Å². The number of sulfonamides is 1. The molecular formula is C15H21NO3S. The second-order valence-electron chi connectivity index (χ2n) is 5.77. The second-order valence-corrected chi connectivity index (χ2v) is 7.61. The van der Waals surface area contributed by atoms with Gasteiger partial charge in [0.25, 0.3) is 0 Å². The van der Waals surface area contributed by atoms with Crippen molar-refractivity contribution in [1.29, 1.82) is 0 Å². The Kier molecular flexibility index (Phi) is 5.61. The Labute approximate surface area is 121 Å². The molecule has 0 spiro atoms. The van der Waals surface area contributed by atoms with E-state index in [0.29, 0.717) is 17.7 Å². The molecule has 0 fully saturated rings. The van der Waals surface area contributed by atoms with Crippen LogP contribution in [0.25, 0.3) is 0 Å². The minimum Gasteiger partial charge on any atom is -0.384 e. The second kappa shape index (κ2) is 6.78. The van der Waals surface area contributed by atoms with Gasteiger partial charge in [0.05, 0.1) is 5.75 Å². The highest BCUT2D eigenvalue weighted by molar-refractivity contribution is 7.92. The van der Waals surface area contributed by atoms with Crippen molar-refractivity contribution in [1.82, 2.24) is 0 Å². The minimum atomic E-state index is -3.35. The van der Waals surface area contributed by atoms with E-state index in [4.69, 9.17) is 5.11 Å². The summed E-state index contributed by atoms with van der Waals surface area (Å²) < 4.78 is 26.5. The van der Waals surface area contributed by atoms with E-state index in [-0.39, 0.29) is 17.8 Å². The van der Waals surface area contributed by atoms with Crippen molar-refractivity contribution in [3.63, 3.8) is 0 Å². The molecule has 20 heavy (non-hydrogen) atoms. The predicted octanol–water partition coefficient (Wildman–Crippen LogP) is 2.21. The number of hydrogen-bond acceptors (Lipinski definition) is 3. The van der Waals surface area contributed by atoms with E-state index in [1.54, 1.807) is 24.3 Å². The van der Waals surface area contributed by atoms with Crippen molar-refractivity contribution < 1.29 is 13.5 Å². The summed E-state index contributed by atoms with van der Waals surface area (Å²) in [5, 5.41) is 8.64. The van der Waals surface area contributed by atoms with Gasteiger partial charge in [0, 0.05) is 11.3 Å². The zero-order chi connectivity index (χ0) is 15.2. The topological polar surface area (TPSA) is 66.4 Å². The van der Waals surface area contributed by atoms with E-state index >= 15 is 0 Å². The van der Waals surface area contributed by atoms with Gasteiger partial charge < -0.3 is 5.11 Å². The van der Waals surface area contributed by atoms with Crippen LogP contribution in [0.2, 0.25) is 0 Å². The Hall–Kier alpha value is -1.51. The molecule has 0 atom stereocenters. The quantitative estimate of drug-likeness (QED) is 0.837. The fraction of sp³-hybridized carbons (Fsp3) is 0.467. The van der Waals surface area contributed by atoms with Crippen molar-refractivity contribution in [2.75, 3.05) is 17.1 Å². The fourth-order valence-electron chi connectivity index (χ4n) is 1.47. The largest absolute Gasteiger partial charge is 0.384 e. The number of rotatable bonds is 4. The monoisotopic (exact) mass is 295 g/mol. The van der Waals surface area contributed by atoms with Crippen LogP contribution in [0.3, 0.4) is 0 Å². The Bertz CT molecular complexity index is 604. The van der Waals surface area contributed by atoms with Crippen LogP contribution in [-0.4, -0.2) is 25.9 Å². The third-order valence-electron chi connectivity index (χ3n) is 2.57. The van der Waals surface area contributed by atoms with Gasteiger partial charge in [-0.05, 0) is 30.0 Å². The third-order valence-corrected chi connectivity index (χ3v) is 3.86. The molecule has 4 nitrogen and oxygen atoms in total. The van der Waals surface area contributed by atoms with Crippen LogP contribution in [0.4, 0.5) is 5.69 Å². The first kappa shape index (κ1) is 16.5. The van der Waals surface area contributed by atoms with Crippen LogP contribution in [0.1, 0.15) is 32.8 Å². The molecule has 5 heteroatoms. The summed E-state index contributed by atoms with van der Waals surface area (Å²) in [7, 11) is -3.35. The highest BCUT2D eigenvalue weighted by Gasteiger charge is 2.17. The summed E-state index contributed by atoms with van der Waals surface area (Å²) in [6.07, 6.45) is 0.590. The maximum atomic E-state index is 12.0. The van der Waals surface area contributed by atoms with Crippen molar-refractivity contribution in [2.24, 2.45) is 5.41 Å². The maximum absolute atomic E-state index is 12.0. The molecule has 2 N–H and O–H groups in total. The van der Waals surface area contributed by atoms with Crippen molar-refractivity contribution in [3.05, 3.63) is 29.8 Å². The standard InChI is InChI=1S/C15H21NO3S/c1-15(2,3)9-11-20(18,19)16-14-8-4-6-13(12-14)7-5-10-17/h4,6,8,12,16-17H,9-11H2,1-3H3. The van der Waals surface area contributed by atoms with Gasteiger partial charge in [0.15, 0.2) is 0 Å². The first-order valence-corrected chi connectivity index (χ1v) is 8.07. The number of aliphatic hydroxyl groups excluding tert-OH is 1. The molecule has 0 heterocycles. The number of aliphatic hydroxyl groups is 1. The molecule has 110 valence electrons. The zero-order valence-corrected chi connectivity index (χ0v) is 12.9. The van der Waals surface area contributed by atoms with Crippen LogP contribution >= 0.6 is 0 Å². The third kappa shape index (κ3) is 6.60. The van der Waals surface area contributed by atoms with Gasteiger partial charge in [-0.3, -0.25) is 4.72 Å². The molecule has 0 aromatic heterocycles. The van der Waals surface area contributed by atoms with Crippen LogP contribution < -0.4 is 4.72 Å². The van der Waals surface area contributed by atoms with Crippen molar-refractivity contribution in [2.45, 2.75) is 27.2 Å². The minimum absolute atomic E-state index is 0.0246. The Morgan fingerprint density at radius 2 is 2.00 bits per heavy atom. The Morgan fingerprint density at radius 3 is 2.60 bits per heavy atom. The molecule has 0 bridgehead atoms. The first-order chi connectivity index (χ1) is 9.22. The predicted molar refractivity (Wildman–Crippen MR) is 81.9 cm³/mol. The lowest BCUT2D eigenvalue weighted by Gasteiger charge is -2.18. The van der Waals surface area contributed by atoms with Crippen LogP contribution in [0.5, 0.6) is 0 Å². The van der Waals surface area contributed by atoms with E-state index in [1.165, 1.54) is 0 Å². The summed E-state index contributed by atoms with van der Waals surface area (Å²) in [5.74, 6) is 5.36. The lowest BCUT2D eigenvalue weighted by Crippen LogP contribution is -2.20. The molecule has 1 rings (SSSR count). The molecular weight excluding hydrogens is 274 g/mol.